The van der Waals surface area contributed by atoms with Crippen molar-refractivity contribution >= 4 is 23.4 Å². The lowest BCUT2D eigenvalue weighted by atomic mass is 10.3. The summed E-state index contributed by atoms with van der Waals surface area (Å²) < 4.78 is 1.35. The highest BCUT2D eigenvalue weighted by molar-refractivity contribution is 5.90. The van der Waals surface area contributed by atoms with Crippen molar-refractivity contribution in [2.45, 2.75) is 6.54 Å². The molecular formula is C13H16N6O2. The molecule has 0 aliphatic carbocycles. The lowest BCUT2D eigenvalue weighted by molar-refractivity contribution is -0.116. The van der Waals surface area contributed by atoms with Gasteiger partial charge in [-0.15, -0.1) is 5.10 Å². The second-order valence-electron chi connectivity index (χ2n) is 4.54. The molecule has 0 saturated heterocycles. The number of rotatable bonds is 4. The normalized spacial score (nSPS) is 10.0. The SMILES string of the molecule is CN(C)C(=O)Nc1cn(CC(=O)Nc2ccccc2)nn1. The van der Waals surface area contributed by atoms with Gasteiger partial charge in [0, 0.05) is 19.8 Å². The molecule has 0 aliphatic rings. The van der Waals surface area contributed by atoms with Gasteiger partial charge in [-0.1, -0.05) is 23.4 Å². The molecule has 0 spiro atoms. The Balaban J connectivity index is 1.90. The second-order valence-corrected chi connectivity index (χ2v) is 4.54. The fraction of sp³-hybridized carbons (Fsp3) is 0.231. The highest BCUT2D eigenvalue weighted by Crippen LogP contribution is 2.06. The summed E-state index contributed by atoms with van der Waals surface area (Å²) in [5.74, 6) is 0.0674. The van der Waals surface area contributed by atoms with Crippen LogP contribution >= 0.6 is 0 Å². The zero-order valence-electron chi connectivity index (χ0n) is 11.8. The van der Waals surface area contributed by atoms with Gasteiger partial charge in [-0.2, -0.15) is 0 Å². The summed E-state index contributed by atoms with van der Waals surface area (Å²) in [6, 6.07) is 8.81. The summed E-state index contributed by atoms with van der Waals surface area (Å²) in [5, 5.41) is 12.8. The van der Waals surface area contributed by atoms with Gasteiger partial charge in [0.25, 0.3) is 0 Å². The van der Waals surface area contributed by atoms with E-state index in [4.69, 9.17) is 0 Å². The van der Waals surface area contributed by atoms with Gasteiger partial charge in [0.2, 0.25) is 5.91 Å². The van der Waals surface area contributed by atoms with E-state index >= 15 is 0 Å². The van der Waals surface area contributed by atoms with E-state index in [9.17, 15) is 9.59 Å². The van der Waals surface area contributed by atoms with Crippen molar-refractivity contribution in [3.05, 3.63) is 36.5 Å². The number of hydrogen-bond acceptors (Lipinski definition) is 4. The van der Waals surface area contributed by atoms with Crippen LogP contribution in [0.5, 0.6) is 0 Å². The number of carbonyl (C=O) groups excluding carboxylic acids is 2. The maximum atomic E-state index is 11.8. The van der Waals surface area contributed by atoms with Gasteiger partial charge in [-0.05, 0) is 12.1 Å². The summed E-state index contributed by atoms with van der Waals surface area (Å²) in [7, 11) is 3.24. The fourth-order valence-electron chi connectivity index (χ4n) is 1.52. The van der Waals surface area contributed by atoms with E-state index < -0.39 is 0 Å². The highest BCUT2D eigenvalue weighted by Gasteiger charge is 2.09. The fourth-order valence-corrected chi connectivity index (χ4v) is 1.52. The third-order valence-electron chi connectivity index (χ3n) is 2.54. The van der Waals surface area contributed by atoms with Crippen LogP contribution in [0, 0.1) is 0 Å². The summed E-state index contributed by atoms with van der Waals surface area (Å²) in [6.07, 6.45) is 1.49. The van der Waals surface area contributed by atoms with E-state index in [1.165, 1.54) is 15.8 Å². The lowest BCUT2D eigenvalue weighted by Gasteiger charge is -2.09. The minimum Gasteiger partial charge on any atom is -0.331 e. The zero-order valence-corrected chi connectivity index (χ0v) is 11.8. The summed E-state index contributed by atoms with van der Waals surface area (Å²) in [6.45, 7) is 0.0136. The smallest absolute Gasteiger partial charge is 0.322 e. The maximum Gasteiger partial charge on any atom is 0.322 e. The molecule has 0 bridgehead atoms. The number of nitrogens with one attached hydrogen (secondary N) is 2. The molecule has 0 atom stereocenters. The van der Waals surface area contributed by atoms with Crippen LogP contribution in [0.2, 0.25) is 0 Å². The molecule has 21 heavy (non-hydrogen) atoms. The number of hydrogen-bond donors (Lipinski definition) is 2. The van der Waals surface area contributed by atoms with Gasteiger partial charge < -0.3 is 10.2 Å². The number of anilines is 2. The molecule has 2 rings (SSSR count). The van der Waals surface area contributed by atoms with E-state index in [2.05, 4.69) is 20.9 Å². The molecule has 0 radical (unpaired) electrons. The minimum absolute atomic E-state index is 0.0136. The predicted molar refractivity (Wildman–Crippen MR) is 77.8 cm³/mol. The Labute approximate surface area is 121 Å². The maximum absolute atomic E-state index is 11.8. The van der Waals surface area contributed by atoms with Gasteiger partial charge >= 0.3 is 6.03 Å². The van der Waals surface area contributed by atoms with Crippen LogP contribution in [0.3, 0.4) is 0 Å². The first-order chi connectivity index (χ1) is 10.0. The first-order valence-electron chi connectivity index (χ1n) is 6.28. The topological polar surface area (TPSA) is 92.2 Å². The van der Waals surface area contributed by atoms with Crippen LogP contribution in [-0.2, 0) is 11.3 Å². The molecule has 1 aromatic carbocycles. The van der Waals surface area contributed by atoms with Crippen molar-refractivity contribution in [1.82, 2.24) is 19.9 Å². The monoisotopic (exact) mass is 288 g/mol. The van der Waals surface area contributed by atoms with E-state index in [1.807, 2.05) is 18.2 Å². The number of amides is 3. The molecule has 0 fully saturated rings. The molecule has 0 saturated carbocycles. The standard InChI is InChI=1S/C13H16N6O2/c1-18(2)13(21)15-11-8-19(17-16-11)9-12(20)14-10-6-4-3-5-7-10/h3-8H,9H2,1-2H3,(H,14,20)(H,15,21). The molecule has 0 unspecified atom stereocenters. The van der Waals surface area contributed by atoms with E-state index in [1.54, 1.807) is 26.2 Å². The van der Waals surface area contributed by atoms with Crippen LogP contribution in [-0.4, -0.2) is 45.9 Å². The molecule has 3 amide bonds. The summed E-state index contributed by atoms with van der Waals surface area (Å²) in [4.78, 5) is 24.6. The Morgan fingerprint density at radius 2 is 1.90 bits per heavy atom. The predicted octanol–water partition coefficient (Wildman–Crippen LogP) is 1.01. The number of carbonyl (C=O) groups is 2. The highest BCUT2D eigenvalue weighted by atomic mass is 16.2. The Bertz CT molecular complexity index is 623. The van der Waals surface area contributed by atoms with Crippen molar-refractivity contribution in [2.24, 2.45) is 0 Å². The van der Waals surface area contributed by atoms with Gasteiger partial charge in [-0.3, -0.25) is 10.1 Å². The molecule has 1 aromatic heterocycles. The Morgan fingerprint density at radius 3 is 2.57 bits per heavy atom. The third kappa shape index (κ3) is 4.30. The number of benzene rings is 1. The van der Waals surface area contributed by atoms with Crippen molar-refractivity contribution in [3.63, 3.8) is 0 Å². The number of aromatic nitrogens is 3. The van der Waals surface area contributed by atoms with E-state index in [0.29, 0.717) is 11.5 Å². The van der Waals surface area contributed by atoms with Crippen LogP contribution in [0.1, 0.15) is 0 Å². The summed E-state index contributed by atoms with van der Waals surface area (Å²) >= 11 is 0. The van der Waals surface area contributed by atoms with Crippen LogP contribution in [0.25, 0.3) is 0 Å². The molecular weight excluding hydrogens is 272 g/mol. The Morgan fingerprint density at radius 1 is 1.19 bits per heavy atom. The van der Waals surface area contributed by atoms with E-state index in [-0.39, 0.29) is 18.5 Å². The number of urea groups is 1. The van der Waals surface area contributed by atoms with Crippen molar-refractivity contribution in [3.8, 4) is 0 Å². The van der Waals surface area contributed by atoms with E-state index in [0.717, 1.165) is 0 Å². The van der Waals surface area contributed by atoms with Gasteiger partial charge in [0.15, 0.2) is 5.82 Å². The van der Waals surface area contributed by atoms with Crippen molar-refractivity contribution in [2.75, 3.05) is 24.7 Å². The first-order valence-corrected chi connectivity index (χ1v) is 6.28. The Hall–Kier alpha value is -2.90. The first kappa shape index (κ1) is 14.5. The Kier molecular flexibility index (Phi) is 4.50. The van der Waals surface area contributed by atoms with Crippen LogP contribution in [0.4, 0.5) is 16.3 Å². The summed E-state index contributed by atoms with van der Waals surface area (Å²) in [5.41, 5.74) is 0.712. The average molecular weight is 288 g/mol. The minimum atomic E-state index is -0.309. The average Bonchev–Trinajstić information content (AvgIpc) is 2.86. The zero-order chi connectivity index (χ0) is 15.2. The number of nitrogens with zero attached hydrogens (tertiary/aromatic N) is 4. The van der Waals surface area contributed by atoms with Crippen LogP contribution in [0.15, 0.2) is 36.5 Å². The van der Waals surface area contributed by atoms with Crippen molar-refractivity contribution < 1.29 is 9.59 Å². The third-order valence-corrected chi connectivity index (χ3v) is 2.54. The quantitative estimate of drug-likeness (QED) is 0.878. The number of para-hydroxylation sites is 1. The van der Waals surface area contributed by atoms with Crippen molar-refractivity contribution in [1.29, 1.82) is 0 Å². The largest absolute Gasteiger partial charge is 0.331 e. The molecule has 8 nitrogen and oxygen atoms in total. The molecule has 2 N–H and O–H groups in total. The molecule has 1 heterocycles. The van der Waals surface area contributed by atoms with Crippen LogP contribution < -0.4 is 10.6 Å². The molecule has 8 heteroatoms. The molecule has 2 aromatic rings. The van der Waals surface area contributed by atoms with Gasteiger partial charge in [0.05, 0.1) is 6.20 Å². The lowest BCUT2D eigenvalue weighted by Crippen LogP contribution is -2.27. The van der Waals surface area contributed by atoms with Gasteiger partial charge in [0.1, 0.15) is 6.54 Å². The molecule has 0 aliphatic heterocycles. The molecule has 110 valence electrons. The van der Waals surface area contributed by atoms with Gasteiger partial charge in [-0.25, -0.2) is 9.48 Å². The second kappa shape index (κ2) is 6.51.